The van der Waals surface area contributed by atoms with Gasteiger partial charge in [-0.15, -0.1) is 0 Å². The third kappa shape index (κ3) is 4.27. The zero-order chi connectivity index (χ0) is 14.6. The number of aromatic nitrogens is 2. The lowest BCUT2D eigenvalue weighted by molar-refractivity contribution is -0.140. The van der Waals surface area contributed by atoms with Gasteiger partial charge in [0, 0.05) is 18.9 Å². The van der Waals surface area contributed by atoms with Crippen LogP contribution in [0.1, 0.15) is 39.6 Å². The van der Waals surface area contributed by atoms with Crippen LogP contribution in [-0.2, 0) is 16.1 Å². The minimum absolute atomic E-state index is 0.265. The van der Waals surface area contributed by atoms with E-state index in [9.17, 15) is 14.7 Å². The number of hydrogen-bond donors (Lipinski definition) is 2. The van der Waals surface area contributed by atoms with Crippen molar-refractivity contribution in [2.75, 3.05) is 0 Å². The molecule has 19 heavy (non-hydrogen) atoms. The van der Waals surface area contributed by atoms with E-state index in [1.165, 1.54) is 6.20 Å². The smallest absolute Gasteiger partial charge is 0.408 e. The molecule has 1 heterocycles. The number of imidazole rings is 1. The Labute approximate surface area is 111 Å². The van der Waals surface area contributed by atoms with Gasteiger partial charge < -0.3 is 19.7 Å². The molecule has 0 fully saturated rings. The number of carbonyl (C=O) groups is 2. The van der Waals surface area contributed by atoms with Crippen molar-refractivity contribution in [3.05, 3.63) is 18.2 Å². The monoisotopic (exact) mass is 269 g/mol. The summed E-state index contributed by atoms with van der Waals surface area (Å²) in [6.45, 7) is 7.53. The van der Waals surface area contributed by atoms with Crippen molar-refractivity contribution in [2.24, 2.45) is 0 Å². The van der Waals surface area contributed by atoms with Crippen LogP contribution in [0, 0.1) is 0 Å². The summed E-state index contributed by atoms with van der Waals surface area (Å²) < 4.78 is 6.69. The summed E-state index contributed by atoms with van der Waals surface area (Å²) in [6.07, 6.45) is 2.36. The Kier molecular flexibility index (Phi) is 4.52. The molecule has 1 aromatic rings. The lowest BCUT2D eigenvalue weighted by Gasteiger charge is -2.22. The number of rotatable bonds is 4. The number of carboxylic acid groups (broad SMARTS) is 1. The quantitative estimate of drug-likeness (QED) is 0.865. The maximum atomic E-state index is 11.6. The molecule has 0 aliphatic heterocycles. The molecule has 0 aliphatic carbocycles. The highest BCUT2D eigenvalue weighted by atomic mass is 16.6. The van der Waals surface area contributed by atoms with Crippen LogP contribution in [0.5, 0.6) is 0 Å². The Bertz CT molecular complexity index is 462. The summed E-state index contributed by atoms with van der Waals surface area (Å²) in [7, 11) is 0. The minimum Gasteiger partial charge on any atom is -0.479 e. The first-order chi connectivity index (χ1) is 8.74. The highest BCUT2D eigenvalue weighted by molar-refractivity contribution is 5.80. The average molecular weight is 269 g/mol. The third-order valence-electron chi connectivity index (χ3n) is 2.25. The van der Waals surface area contributed by atoms with E-state index < -0.39 is 23.7 Å². The summed E-state index contributed by atoms with van der Waals surface area (Å²) in [5.41, 5.74) is -0.687. The predicted molar refractivity (Wildman–Crippen MR) is 67.6 cm³/mol. The number of nitrogens with zero attached hydrogens (tertiary/aromatic N) is 2. The summed E-state index contributed by atoms with van der Waals surface area (Å²) in [5, 5.41) is 11.5. The number of nitrogens with one attached hydrogen (secondary N) is 1. The molecule has 0 radical (unpaired) electrons. The van der Waals surface area contributed by atoms with Gasteiger partial charge in [0.05, 0.1) is 0 Å². The molecule has 2 N–H and O–H groups in total. The number of amides is 1. The number of aliphatic carboxylic acids is 1. The molecular formula is C12H19N3O4. The Hall–Kier alpha value is -2.05. The van der Waals surface area contributed by atoms with Crippen molar-refractivity contribution < 1.29 is 19.4 Å². The van der Waals surface area contributed by atoms with Gasteiger partial charge in [0.2, 0.25) is 0 Å². The molecule has 0 saturated heterocycles. The average Bonchev–Trinajstić information content (AvgIpc) is 2.70. The van der Waals surface area contributed by atoms with Crippen LogP contribution in [0.25, 0.3) is 0 Å². The van der Waals surface area contributed by atoms with Gasteiger partial charge in [-0.05, 0) is 27.7 Å². The van der Waals surface area contributed by atoms with E-state index in [1.54, 1.807) is 31.5 Å². The Morgan fingerprint density at radius 2 is 2.16 bits per heavy atom. The van der Waals surface area contributed by atoms with E-state index >= 15 is 0 Å². The number of ether oxygens (including phenoxy) is 1. The van der Waals surface area contributed by atoms with Crippen molar-refractivity contribution >= 4 is 12.1 Å². The summed E-state index contributed by atoms with van der Waals surface area (Å²) in [6, 6.07) is -1.23. The topological polar surface area (TPSA) is 93.5 Å². The first kappa shape index (κ1) is 15.0. The number of aryl methyl sites for hydroxylation is 1. The minimum atomic E-state index is -1.23. The number of carbonyl (C=O) groups excluding carboxylic acids is 1. The van der Waals surface area contributed by atoms with Gasteiger partial charge in [-0.1, -0.05) is 0 Å². The van der Waals surface area contributed by atoms with Crippen LogP contribution in [0.3, 0.4) is 0 Å². The maximum Gasteiger partial charge on any atom is 0.408 e. The van der Waals surface area contributed by atoms with E-state index in [0.29, 0.717) is 6.54 Å². The standard InChI is InChI=1S/C12H19N3O4/c1-5-15-7-6-13-9(15)8(10(16)17)14-11(18)19-12(2,3)4/h6-8H,5H2,1-4H3,(H,14,18)(H,16,17). The van der Waals surface area contributed by atoms with Crippen LogP contribution in [0.15, 0.2) is 12.4 Å². The molecule has 0 aliphatic rings. The Balaban J connectivity index is 2.86. The lowest BCUT2D eigenvalue weighted by Crippen LogP contribution is -2.39. The molecule has 7 nitrogen and oxygen atoms in total. The lowest BCUT2D eigenvalue weighted by atomic mass is 10.2. The molecule has 1 aromatic heterocycles. The first-order valence-electron chi connectivity index (χ1n) is 5.98. The van der Waals surface area contributed by atoms with Crippen LogP contribution in [-0.4, -0.2) is 32.3 Å². The van der Waals surface area contributed by atoms with Crippen molar-refractivity contribution in [3.63, 3.8) is 0 Å². The van der Waals surface area contributed by atoms with Crippen molar-refractivity contribution in [3.8, 4) is 0 Å². The second-order valence-corrected chi connectivity index (χ2v) is 4.99. The number of alkyl carbamates (subject to hydrolysis) is 1. The number of carboxylic acids is 1. The van der Waals surface area contributed by atoms with Crippen molar-refractivity contribution in [1.29, 1.82) is 0 Å². The molecule has 1 atom stereocenters. The Morgan fingerprint density at radius 1 is 1.53 bits per heavy atom. The molecular weight excluding hydrogens is 250 g/mol. The molecule has 106 valence electrons. The zero-order valence-corrected chi connectivity index (χ0v) is 11.5. The van der Waals surface area contributed by atoms with Gasteiger partial charge in [-0.2, -0.15) is 0 Å². The van der Waals surface area contributed by atoms with E-state index in [1.807, 2.05) is 6.92 Å². The third-order valence-corrected chi connectivity index (χ3v) is 2.25. The van der Waals surface area contributed by atoms with E-state index in [0.717, 1.165) is 0 Å². The summed E-state index contributed by atoms with van der Waals surface area (Å²) in [4.78, 5) is 26.8. The molecule has 1 unspecified atom stereocenters. The fourth-order valence-electron chi connectivity index (χ4n) is 1.51. The molecule has 1 rings (SSSR count). The van der Waals surface area contributed by atoms with Crippen LogP contribution in [0.4, 0.5) is 4.79 Å². The largest absolute Gasteiger partial charge is 0.479 e. The van der Waals surface area contributed by atoms with E-state index in [4.69, 9.17) is 4.74 Å². The molecule has 7 heteroatoms. The van der Waals surface area contributed by atoms with Crippen molar-refractivity contribution in [1.82, 2.24) is 14.9 Å². The molecule has 0 bridgehead atoms. The maximum absolute atomic E-state index is 11.6. The van der Waals surface area contributed by atoms with Gasteiger partial charge in [-0.3, -0.25) is 0 Å². The van der Waals surface area contributed by atoms with Crippen LogP contribution >= 0.6 is 0 Å². The second-order valence-electron chi connectivity index (χ2n) is 4.99. The fourth-order valence-corrected chi connectivity index (χ4v) is 1.51. The first-order valence-corrected chi connectivity index (χ1v) is 5.98. The molecule has 1 amide bonds. The summed E-state index contributed by atoms with van der Waals surface area (Å²) in [5.74, 6) is -0.924. The van der Waals surface area contributed by atoms with Crippen LogP contribution < -0.4 is 5.32 Å². The second kappa shape index (κ2) is 5.73. The highest BCUT2D eigenvalue weighted by Gasteiger charge is 2.28. The predicted octanol–water partition coefficient (Wildman–Crippen LogP) is 1.55. The van der Waals surface area contributed by atoms with Gasteiger partial charge in [-0.25, -0.2) is 14.6 Å². The van der Waals surface area contributed by atoms with Gasteiger partial charge in [0.1, 0.15) is 11.4 Å². The van der Waals surface area contributed by atoms with Crippen molar-refractivity contribution in [2.45, 2.75) is 45.9 Å². The number of hydrogen-bond acceptors (Lipinski definition) is 4. The van der Waals surface area contributed by atoms with E-state index in [2.05, 4.69) is 10.3 Å². The zero-order valence-electron chi connectivity index (χ0n) is 11.5. The van der Waals surface area contributed by atoms with Crippen LogP contribution in [0.2, 0.25) is 0 Å². The summed E-state index contributed by atoms with van der Waals surface area (Å²) >= 11 is 0. The SMILES string of the molecule is CCn1ccnc1C(NC(=O)OC(C)(C)C)C(=O)O. The molecule has 0 aromatic carbocycles. The molecule has 0 saturated carbocycles. The molecule has 0 spiro atoms. The van der Waals surface area contributed by atoms with Gasteiger partial charge >= 0.3 is 12.1 Å². The Morgan fingerprint density at radius 3 is 2.63 bits per heavy atom. The van der Waals surface area contributed by atoms with Gasteiger partial charge in [0.25, 0.3) is 0 Å². The fraction of sp³-hybridized carbons (Fsp3) is 0.583. The van der Waals surface area contributed by atoms with E-state index in [-0.39, 0.29) is 5.82 Å². The highest BCUT2D eigenvalue weighted by Crippen LogP contribution is 2.13. The normalized spacial score (nSPS) is 12.8. The van der Waals surface area contributed by atoms with Gasteiger partial charge in [0.15, 0.2) is 6.04 Å².